The van der Waals surface area contributed by atoms with Crippen LogP contribution in [0.5, 0.6) is 0 Å². The molecule has 6 rings (SSSR count). The van der Waals surface area contributed by atoms with E-state index < -0.39 is 0 Å². The van der Waals surface area contributed by atoms with Gasteiger partial charge < -0.3 is 13.7 Å². The Bertz CT molecular complexity index is 1780. The third-order valence-electron chi connectivity index (χ3n) is 7.41. The molecule has 214 valence electrons. The van der Waals surface area contributed by atoms with E-state index in [4.69, 9.17) is 9.51 Å². The van der Waals surface area contributed by atoms with Gasteiger partial charge >= 0.3 is 45.5 Å². The fourth-order valence-corrected chi connectivity index (χ4v) is 5.52. The van der Waals surface area contributed by atoms with Crippen LogP contribution < -0.4 is 0 Å². The van der Waals surface area contributed by atoms with Gasteiger partial charge in [-0.3, -0.25) is 4.98 Å². The smallest absolute Gasteiger partial charge is 0.437 e. The minimum atomic E-state index is 0. The minimum Gasteiger partial charge on any atom is -0.437 e. The van der Waals surface area contributed by atoms with Crippen molar-refractivity contribution in [2.75, 3.05) is 0 Å². The van der Waals surface area contributed by atoms with Crippen LogP contribution >= 0.6 is 0 Å². The van der Waals surface area contributed by atoms with Crippen LogP contribution in [0, 0.1) is 46.6 Å². The van der Waals surface area contributed by atoms with E-state index in [-0.39, 0.29) is 45.5 Å². The van der Waals surface area contributed by atoms with Gasteiger partial charge in [0.15, 0.2) is 0 Å². The van der Waals surface area contributed by atoms with Crippen molar-refractivity contribution < 1.29 is 4.52 Å². The van der Waals surface area contributed by atoms with Gasteiger partial charge in [-0.15, -0.1) is 41.5 Å². The van der Waals surface area contributed by atoms with Crippen molar-refractivity contribution in [2.45, 2.75) is 48.5 Å². The van der Waals surface area contributed by atoms with Crippen molar-refractivity contribution in [1.29, 1.82) is 0 Å². The number of aromatic nitrogens is 5. The van der Waals surface area contributed by atoms with Gasteiger partial charge in [-0.1, -0.05) is 49.7 Å². The van der Waals surface area contributed by atoms with Gasteiger partial charge in [-0.2, -0.15) is 11.1 Å². The van der Waals surface area contributed by atoms with Crippen LogP contribution in [0.2, 0.25) is 0 Å². The topological polar surface area (TPSA) is 61.7 Å². The van der Waals surface area contributed by atoms with Crippen molar-refractivity contribution in [1.82, 2.24) is 24.3 Å². The molecule has 7 heteroatoms. The molecule has 0 aliphatic heterocycles. The molecular formula is C36H37N5OSr. The Balaban J connectivity index is 0.000000272. The van der Waals surface area contributed by atoms with Crippen LogP contribution in [0.1, 0.15) is 47.2 Å². The zero-order valence-corrected chi connectivity index (χ0v) is 29.8. The van der Waals surface area contributed by atoms with Gasteiger partial charge in [-0.05, 0) is 56.9 Å². The van der Waals surface area contributed by atoms with E-state index in [2.05, 4.69) is 106 Å². The number of nitrogens with zero attached hydrogens (tertiary/aromatic N) is 5. The summed E-state index contributed by atoms with van der Waals surface area (Å²) in [5.41, 5.74) is 12.1. The van der Waals surface area contributed by atoms with E-state index in [0.29, 0.717) is 0 Å². The molecule has 0 N–H and O–H groups in total. The Morgan fingerprint density at radius 2 is 1.56 bits per heavy atom. The Hall–Kier alpha value is -3.36. The summed E-state index contributed by atoms with van der Waals surface area (Å²) in [6.07, 6.45) is 7.56. The fourth-order valence-electron chi connectivity index (χ4n) is 5.52. The molecule has 3 heterocycles. The van der Waals surface area contributed by atoms with E-state index in [1.54, 1.807) is 12.5 Å². The molecule has 0 saturated heterocycles. The largest absolute Gasteiger partial charge is 2.00 e. The molecule has 6 nitrogen and oxygen atoms in total. The first kappa shape index (κ1) is 32.6. The molecule has 0 spiro atoms. The van der Waals surface area contributed by atoms with Crippen molar-refractivity contribution >= 4 is 45.5 Å². The number of rotatable bonds is 5. The van der Waals surface area contributed by atoms with E-state index >= 15 is 0 Å². The third-order valence-corrected chi connectivity index (χ3v) is 7.41. The number of hydrogen-bond donors (Lipinski definition) is 0. The van der Waals surface area contributed by atoms with E-state index in [1.807, 2.05) is 42.1 Å². The molecule has 3 aromatic carbocycles. The van der Waals surface area contributed by atoms with Gasteiger partial charge in [0.05, 0.1) is 17.2 Å². The zero-order chi connectivity index (χ0) is 30.0. The summed E-state index contributed by atoms with van der Waals surface area (Å²) in [5.74, 6) is 2.90. The van der Waals surface area contributed by atoms with Crippen LogP contribution in [0.25, 0.3) is 39.9 Å². The summed E-state index contributed by atoms with van der Waals surface area (Å²) in [7, 11) is 1.98. The standard InChI is InChI=1S/C26H28N3O.C10H9N2.Sr/c1-15(2)21-14-30-28-24(21)26-27-22(23-17(4)9-8-10-18(23)5)13-29(26)25-19(6)11-16(3)12-20(25)7;1-12-8-7-11-10(12)9-5-3-2-4-6-9;/h8-14H,1-7H3;2-5,7-8H,1H3;/q2*-1;+2. The first-order valence-electron chi connectivity index (χ1n) is 14.1. The molecule has 0 aliphatic carbocycles. The van der Waals surface area contributed by atoms with Crippen LogP contribution in [-0.4, -0.2) is 69.7 Å². The van der Waals surface area contributed by atoms with Crippen LogP contribution in [0.4, 0.5) is 0 Å². The first-order chi connectivity index (χ1) is 20.2. The number of imidazole rings is 2. The zero-order valence-electron chi connectivity index (χ0n) is 26.4. The summed E-state index contributed by atoms with van der Waals surface area (Å²) in [6.45, 7) is 14.8. The second-order valence-electron chi connectivity index (χ2n) is 11.0. The summed E-state index contributed by atoms with van der Waals surface area (Å²) in [5, 5.41) is 4.34. The maximum Gasteiger partial charge on any atom is 2.00 e. The van der Waals surface area contributed by atoms with Crippen molar-refractivity contribution in [3.63, 3.8) is 0 Å². The van der Waals surface area contributed by atoms with Crippen molar-refractivity contribution in [2.24, 2.45) is 7.05 Å². The van der Waals surface area contributed by atoms with Crippen molar-refractivity contribution in [3.8, 4) is 39.9 Å². The normalized spacial score (nSPS) is 10.6. The second-order valence-corrected chi connectivity index (χ2v) is 11.0. The molecule has 6 aromatic rings. The predicted molar refractivity (Wildman–Crippen MR) is 175 cm³/mol. The summed E-state index contributed by atoms with van der Waals surface area (Å²) < 4.78 is 9.52. The Morgan fingerprint density at radius 1 is 0.860 bits per heavy atom. The molecule has 0 amide bonds. The van der Waals surface area contributed by atoms with Gasteiger partial charge in [0.2, 0.25) is 0 Å². The van der Waals surface area contributed by atoms with Gasteiger partial charge in [-0.25, -0.2) is 4.98 Å². The molecule has 3 aromatic heterocycles. The summed E-state index contributed by atoms with van der Waals surface area (Å²) in [4.78, 5) is 9.31. The molecule has 0 radical (unpaired) electrons. The molecule has 0 aliphatic rings. The third kappa shape index (κ3) is 6.91. The van der Waals surface area contributed by atoms with Gasteiger partial charge in [0, 0.05) is 43.2 Å². The Labute approximate surface area is 292 Å². The summed E-state index contributed by atoms with van der Waals surface area (Å²) in [6, 6.07) is 21.7. The fraction of sp³-hybridized carbons (Fsp3) is 0.222. The average molecular weight is 643 g/mol. The SMILES string of the molecule is Cc1cc(C)c(-n2cc(-c3c(C)cccc3C)nc2-c2nocc2[C-](C)C)c(C)c1.Cn1ccnc1-c1[c-]cccc1.[Sr+2]. The molecule has 43 heavy (non-hydrogen) atoms. The molecular weight excluding hydrogens is 606 g/mol. The van der Waals surface area contributed by atoms with Gasteiger partial charge in [0.25, 0.3) is 0 Å². The molecule has 0 unspecified atom stereocenters. The van der Waals surface area contributed by atoms with E-state index in [9.17, 15) is 0 Å². The number of hydrogen-bond acceptors (Lipinski definition) is 4. The van der Waals surface area contributed by atoms with Crippen molar-refractivity contribution in [3.05, 3.63) is 125 Å². The number of benzene rings is 3. The average Bonchev–Trinajstić information content (AvgIpc) is 3.69. The Kier molecular flexibility index (Phi) is 10.6. The van der Waals surface area contributed by atoms with Crippen LogP contribution in [0.3, 0.4) is 0 Å². The molecule has 0 fully saturated rings. The minimum absolute atomic E-state index is 0. The summed E-state index contributed by atoms with van der Waals surface area (Å²) >= 11 is 0. The number of aryl methyl sites for hydroxylation is 6. The Morgan fingerprint density at radius 3 is 2.14 bits per heavy atom. The molecule has 0 atom stereocenters. The quantitative estimate of drug-likeness (QED) is 0.140. The van der Waals surface area contributed by atoms with Crippen LogP contribution in [0.15, 0.2) is 84.0 Å². The predicted octanol–water partition coefficient (Wildman–Crippen LogP) is 8.21. The molecule has 0 bridgehead atoms. The maximum atomic E-state index is 5.37. The van der Waals surface area contributed by atoms with Crippen LogP contribution in [-0.2, 0) is 7.05 Å². The van der Waals surface area contributed by atoms with E-state index in [0.717, 1.165) is 45.8 Å². The van der Waals surface area contributed by atoms with E-state index in [1.165, 1.54) is 33.4 Å². The maximum absolute atomic E-state index is 5.37. The first-order valence-corrected chi connectivity index (χ1v) is 14.1. The molecule has 0 saturated carbocycles. The monoisotopic (exact) mass is 643 g/mol. The second kappa shape index (κ2) is 14.0. The van der Waals surface area contributed by atoms with Gasteiger partial charge in [0.1, 0.15) is 5.82 Å².